The Morgan fingerprint density at radius 3 is 1.36 bits per heavy atom. The number of esters is 2. The molecule has 0 aliphatic carbocycles. The smallest absolute Gasteiger partial charge is 0.313 e. The van der Waals surface area contributed by atoms with E-state index in [0.29, 0.717) is 61.8 Å². The highest BCUT2D eigenvalue weighted by Crippen LogP contribution is 2.39. The van der Waals surface area contributed by atoms with Crippen molar-refractivity contribution in [2.24, 2.45) is 10.8 Å². The van der Waals surface area contributed by atoms with E-state index in [1.54, 1.807) is 50.4 Å². The second kappa shape index (κ2) is 24.2. The molecule has 0 bridgehead atoms. The highest BCUT2D eigenvalue weighted by Gasteiger charge is 2.42. The predicted molar refractivity (Wildman–Crippen MR) is 309 cm³/mol. The fourth-order valence-corrected chi connectivity index (χ4v) is 13.2. The maximum atomic E-state index is 13.8. The number of anilines is 4. The van der Waals surface area contributed by atoms with Crippen molar-refractivity contribution in [2.75, 3.05) is 112 Å². The van der Waals surface area contributed by atoms with Crippen molar-refractivity contribution in [1.82, 2.24) is 9.80 Å². The molecule has 0 unspecified atom stereocenters. The molecule has 0 atom stereocenters. The number of benzene rings is 4. The molecule has 4 aliphatic heterocycles. The average Bonchev–Trinajstić information content (AvgIpc) is 4.14. The molecule has 2 fully saturated rings. The summed E-state index contributed by atoms with van der Waals surface area (Å²) in [5, 5.41) is 7.03. The SMILES string of the molecule is CC(C)(CC(C)(C)C(=O)OCN1C(=O)CCc2ccc(OCCCCN3CCN(c4cccc5sccc45)CC3)cc21)C(=O)OCN1C(=O)CCc2ccc(OCCCCN3CCN(c4cccc5sccc45)CC3)cc21. The van der Waals surface area contributed by atoms with Crippen LogP contribution in [0.2, 0.25) is 0 Å². The number of hydrogen-bond donors (Lipinski definition) is 0. The highest BCUT2D eigenvalue weighted by atomic mass is 32.1. The minimum absolute atomic E-state index is 0.105. The Hall–Kier alpha value is -6.20. The van der Waals surface area contributed by atoms with Gasteiger partial charge in [0.15, 0.2) is 13.5 Å². The monoisotopic (exact) mass is 1080 g/mol. The molecular formula is C61H74N6O8S2. The van der Waals surface area contributed by atoms with Crippen LogP contribution in [-0.2, 0) is 41.5 Å². The first-order chi connectivity index (χ1) is 37.3. The van der Waals surface area contributed by atoms with E-state index in [-0.39, 0.29) is 31.7 Å². The van der Waals surface area contributed by atoms with Crippen LogP contribution in [0.4, 0.5) is 22.7 Å². The number of rotatable bonds is 22. The summed E-state index contributed by atoms with van der Waals surface area (Å²) in [7, 11) is 0. The van der Waals surface area contributed by atoms with Crippen LogP contribution < -0.4 is 29.1 Å². The number of thiophene rings is 2. The van der Waals surface area contributed by atoms with Crippen LogP contribution in [0.15, 0.2) is 95.7 Å². The van der Waals surface area contributed by atoms with Crippen LogP contribution >= 0.6 is 22.7 Å². The van der Waals surface area contributed by atoms with Gasteiger partial charge in [-0.15, -0.1) is 22.7 Å². The largest absolute Gasteiger partial charge is 0.494 e. The Morgan fingerprint density at radius 1 is 0.506 bits per heavy atom. The average molecular weight is 1080 g/mol. The van der Waals surface area contributed by atoms with Gasteiger partial charge in [0.2, 0.25) is 11.8 Å². The molecule has 2 saturated heterocycles. The summed E-state index contributed by atoms with van der Waals surface area (Å²) in [5.41, 5.74) is 3.76. The van der Waals surface area contributed by atoms with Crippen molar-refractivity contribution >= 4 is 89.3 Å². The fourth-order valence-electron chi connectivity index (χ4n) is 11.6. The van der Waals surface area contributed by atoms with Crippen LogP contribution in [-0.4, -0.2) is 126 Å². The Balaban J connectivity index is 0.644. The molecule has 408 valence electrons. The molecule has 2 aromatic heterocycles. The van der Waals surface area contributed by atoms with Gasteiger partial charge in [0, 0.05) is 109 Å². The fraction of sp³-hybridized carbons (Fsp3) is 0.475. The normalized spacial score (nSPS) is 16.7. The van der Waals surface area contributed by atoms with E-state index in [2.05, 4.69) is 78.9 Å². The number of carbonyl (C=O) groups is 4. The molecule has 6 aromatic rings. The molecule has 14 nitrogen and oxygen atoms in total. The molecule has 16 heteroatoms. The van der Waals surface area contributed by atoms with Crippen molar-refractivity contribution < 1.29 is 38.1 Å². The van der Waals surface area contributed by atoms with Gasteiger partial charge in [0.25, 0.3) is 0 Å². The molecule has 77 heavy (non-hydrogen) atoms. The minimum Gasteiger partial charge on any atom is -0.494 e. The zero-order chi connectivity index (χ0) is 53.5. The number of carbonyl (C=O) groups excluding carboxylic acids is 4. The first-order valence-electron chi connectivity index (χ1n) is 27.6. The number of fused-ring (bicyclic) bond motifs is 4. The van der Waals surface area contributed by atoms with E-state index < -0.39 is 22.8 Å². The van der Waals surface area contributed by atoms with Crippen molar-refractivity contribution in [1.29, 1.82) is 0 Å². The van der Waals surface area contributed by atoms with Crippen LogP contribution in [0.1, 0.15) is 83.8 Å². The van der Waals surface area contributed by atoms with Gasteiger partial charge < -0.3 is 28.7 Å². The zero-order valence-electron chi connectivity index (χ0n) is 45.3. The molecule has 4 aromatic carbocycles. The van der Waals surface area contributed by atoms with Gasteiger partial charge in [-0.3, -0.25) is 38.8 Å². The predicted octanol–water partition coefficient (Wildman–Crippen LogP) is 10.8. The Bertz CT molecular complexity index is 2840. The maximum Gasteiger partial charge on any atom is 0.313 e. The van der Waals surface area contributed by atoms with E-state index in [0.717, 1.165) is 102 Å². The molecule has 2 amide bonds. The third-order valence-corrected chi connectivity index (χ3v) is 17.6. The first kappa shape index (κ1) is 54.2. The Labute approximate surface area is 461 Å². The van der Waals surface area contributed by atoms with Crippen molar-refractivity contribution in [3.8, 4) is 11.5 Å². The van der Waals surface area contributed by atoms with Gasteiger partial charge in [-0.1, -0.05) is 24.3 Å². The molecular weight excluding hydrogens is 1010 g/mol. The topological polar surface area (TPSA) is 125 Å². The summed E-state index contributed by atoms with van der Waals surface area (Å²) in [4.78, 5) is 67.4. The molecule has 0 spiro atoms. The summed E-state index contributed by atoms with van der Waals surface area (Å²) in [5.74, 6) is -0.0179. The summed E-state index contributed by atoms with van der Waals surface area (Å²) in [6.45, 7) is 17.8. The lowest BCUT2D eigenvalue weighted by Gasteiger charge is -2.36. The highest BCUT2D eigenvalue weighted by molar-refractivity contribution is 7.17. The number of unbranched alkanes of at least 4 members (excludes halogenated alkanes) is 2. The second-order valence-corrected chi connectivity index (χ2v) is 24.2. The molecule has 0 saturated carbocycles. The summed E-state index contributed by atoms with van der Waals surface area (Å²) < 4.78 is 26.8. The molecule has 10 rings (SSSR count). The number of hydrogen-bond acceptors (Lipinski definition) is 14. The lowest BCUT2D eigenvalue weighted by molar-refractivity contribution is -0.162. The first-order valence-corrected chi connectivity index (χ1v) is 29.4. The third kappa shape index (κ3) is 12.9. The molecule has 4 aliphatic rings. The van der Waals surface area contributed by atoms with E-state index in [1.165, 1.54) is 41.3 Å². The van der Waals surface area contributed by atoms with E-state index >= 15 is 0 Å². The lowest BCUT2D eigenvalue weighted by Crippen LogP contribution is -2.46. The minimum atomic E-state index is -1.12. The van der Waals surface area contributed by atoms with E-state index in [1.807, 2.05) is 36.4 Å². The number of amides is 2. The summed E-state index contributed by atoms with van der Waals surface area (Å²) in [6.07, 6.45) is 5.75. The van der Waals surface area contributed by atoms with Crippen LogP contribution in [0.5, 0.6) is 11.5 Å². The molecule has 0 radical (unpaired) electrons. The third-order valence-electron chi connectivity index (χ3n) is 15.8. The van der Waals surface area contributed by atoms with Crippen molar-refractivity contribution in [3.63, 3.8) is 0 Å². The van der Waals surface area contributed by atoms with Gasteiger partial charge in [0.05, 0.1) is 35.4 Å². The Morgan fingerprint density at radius 2 is 0.935 bits per heavy atom. The van der Waals surface area contributed by atoms with Gasteiger partial charge in [-0.05, 0) is 156 Å². The zero-order valence-corrected chi connectivity index (χ0v) is 46.9. The van der Waals surface area contributed by atoms with Gasteiger partial charge in [0.1, 0.15) is 11.5 Å². The Kier molecular flexibility index (Phi) is 17.0. The van der Waals surface area contributed by atoms with Crippen molar-refractivity contribution in [3.05, 3.63) is 107 Å². The van der Waals surface area contributed by atoms with Crippen LogP contribution in [0, 0.1) is 10.8 Å². The van der Waals surface area contributed by atoms with Crippen LogP contribution in [0.3, 0.4) is 0 Å². The van der Waals surface area contributed by atoms with Crippen LogP contribution in [0.25, 0.3) is 20.2 Å². The molecule has 6 heterocycles. The van der Waals surface area contributed by atoms with Gasteiger partial charge in [-0.25, -0.2) is 0 Å². The number of ether oxygens (including phenoxy) is 4. The molecule has 0 N–H and O–H groups in total. The number of nitrogens with zero attached hydrogens (tertiary/aromatic N) is 6. The number of piperazine rings is 2. The summed E-state index contributed by atoms with van der Waals surface area (Å²) in [6, 6.07) is 29.2. The van der Waals surface area contributed by atoms with E-state index in [4.69, 9.17) is 18.9 Å². The maximum absolute atomic E-state index is 13.8. The van der Waals surface area contributed by atoms with Gasteiger partial charge in [-0.2, -0.15) is 0 Å². The standard InChI is InChI=1S/C61H74N6O8S2/c1-60(2,58(70)74-42-66-52-39-46(19-15-44(52)17-21-56(66)68)72-35-7-5-25-62-27-31-64(32-28-62)50-11-9-13-54-48(50)23-37-76-54)41-61(3,4)59(71)75-43-67-53-40-47(20-16-45(53)18-22-57(67)69)73-36-8-6-26-63-29-33-65(34-30-63)51-12-10-14-55-49(51)24-38-77-55/h9-16,19-20,23-24,37-40H,5-8,17-18,21-22,25-36,41-43H2,1-4H3. The van der Waals surface area contributed by atoms with Gasteiger partial charge >= 0.3 is 11.9 Å². The van der Waals surface area contributed by atoms with Crippen molar-refractivity contribution in [2.45, 2.75) is 85.5 Å². The quantitative estimate of drug-likeness (QED) is 0.0475. The second-order valence-electron chi connectivity index (χ2n) is 22.3. The summed E-state index contributed by atoms with van der Waals surface area (Å²) >= 11 is 3.59. The van der Waals surface area contributed by atoms with E-state index in [9.17, 15) is 19.2 Å². The lowest BCUT2D eigenvalue weighted by atomic mass is 9.75. The number of aryl methyl sites for hydroxylation is 2.